The van der Waals surface area contributed by atoms with Gasteiger partial charge in [0.25, 0.3) is 0 Å². The van der Waals surface area contributed by atoms with Crippen LogP contribution in [-0.2, 0) is 6.54 Å². The molecule has 0 fully saturated rings. The van der Waals surface area contributed by atoms with Crippen LogP contribution < -0.4 is 5.32 Å². The lowest BCUT2D eigenvalue weighted by Gasteiger charge is -2.15. The molecule has 0 bridgehead atoms. The normalized spacial score (nSPS) is 13.1. The summed E-state index contributed by atoms with van der Waals surface area (Å²) in [6, 6.07) is 17.5. The van der Waals surface area contributed by atoms with E-state index in [1.54, 1.807) is 6.20 Å². The number of rotatable bonds is 4. The zero-order valence-corrected chi connectivity index (χ0v) is 11.6. The summed E-state index contributed by atoms with van der Waals surface area (Å²) in [5.74, 6) is 0. The number of nitrogens with one attached hydrogen (secondary N) is 1. The number of fused-ring (bicyclic) bond motifs is 3. The minimum absolute atomic E-state index is 0.265. The fraction of sp³-hybridized carbons (Fsp3) is 0.176. The van der Waals surface area contributed by atoms with E-state index in [0.29, 0.717) is 0 Å². The minimum Gasteiger partial charge on any atom is -0.304 e. The van der Waals surface area contributed by atoms with E-state index >= 15 is 0 Å². The molecular formula is C17H16N4. The standard InChI is InChI=1S/C17H16N4/c1-3-7-15-13(5-1)14-6-2-4-8-16(14)17(15)18-9-11-21-12-10-19-20-21/h1-8,10,12,17-18H,9,11H2. The maximum absolute atomic E-state index is 4.00. The SMILES string of the molecule is c1ccc2c(c1)-c1ccccc1C2NCCn1ccnn1. The Kier molecular flexibility index (Phi) is 3.01. The molecule has 4 heteroatoms. The van der Waals surface area contributed by atoms with Gasteiger partial charge in [0.1, 0.15) is 0 Å². The predicted octanol–water partition coefficient (Wildman–Crippen LogP) is 2.64. The van der Waals surface area contributed by atoms with Crippen molar-refractivity contribution in [3.8, 4) is 11.1 Å². The van der Waals surface area contributed by atoms with E-state index in [4.69, 9.17) is 0 Å². The quantitative estimate of drug-likeness (QED) is 0.796. The third-order valence-corrected chi connectivity index (χ3v) is 4.00. The van der Waals surface area contributed by atoms with Gasteiger partial charge in [-0.3, -0.25) is 4.68 Å². The molecular weight excluding hydrogens is 260 g/mol. The summed E-state index contributed by atoms with van der Waals surface area (Å²) >= 11 is 0. The average molecular weight is 276 g/mol. The van der Waals surface area contributed by atoms with E-state index in [-0.39, 0.29) is 6.04 Å². The van der Waals surface area contributed by atoms with Crippen molar-refractivity contribution in [2.24, 2.45) is 0 Å². The molecule has 0 radical (unpaired) electrons. The van der Waals surface area contributed by atoms with Gasteiger partial charge in [0, 0.05) is 12.7 Å². The van der Waals surface area contributed by atoms with E-state index in [2.05, 4.69) is 64.2 Å². The molecule has 1 heterocycles. The highest BCUT2D eigenvalue weighted by Gasteiger charge is 2.27. The van der Waals surface area contributed by atoms with Gasteiger partial charge >= 0.3 is 0 Å². The Balaban J connectivity index is 1.59. The molecule has 2 aromatic carbocycles. The average Bonchev–Trinajstić information content (AvgIpc) is 3.15. The van der Waals surface area contributed by atoms with Crippen LogP contribution in [0.5, 0.6) is 0 Å². The third kappa shape index (κ3) is 2.14. The second-order valence-corrected chi connectivity index (χ2v) is 5.23. The van der Waals surface area contributed by atoms with Crippen molar-refractivity contribution in [3.63, 3.8) is 0 Å². The van der Waals surface area contributed by atoms with Crippen LogP contribution in [0.25, 0.3) is 11.1 Å². The molecule has 4 nitrogen and oxygen atoms in total. The molecule has 4 rings (SSSR count). The highest BCUT2D eigenvalue weighted by atomic mass is 15.4. The van der Waals surface area contributed by atoms with Gasteiger partial charge in [0.05, 0.1) is 18.8 Å². The molecule has 0 unspecified atom stereocenters. The highest BCUT2D eigenvalue weighted by molar-refractivity contribution is 5.78. The van der Waals surface area contributed by atoms with Crippen LogP contribution >= 0.6 is 0 Å². The van der Waals surface area contributed by atoms with Crippen LogP contribution in [0.15, 0.2) is 60.9 Å². The zero-order chi connectivity index (χ0) is 14.1. The highest BCUT2D eigenvalue weighted by Crippen LogP contribution is 2.42. The van der Waals surface area contributed by atoms with Crippen molar-refractivity contribution < 1.29 is 0 Å². The van der Waals surface area contributed by atoms with Crippen molar-refractivity contribution in [1.29, 1.82) is 0 Å². The Hall–Kier alpha value is -2.46. The second kappa shape index (κ2) is 5.14. The van der Waals surface area contributed by atoms with Gasteiger partial charge in [0.2, 0.25) is 0 Å². The van der Waals surface area contributed by atoms with Gasteiger partial charge < -0.3 is 5.32 Å². The molecule has 3 aromatic rings. The second-order valence-electron chi connectivity index (χ2n) is 5.23. The first kappa shape index (κ1) is 12.3. The molecule has 0 spiro atoms. The topological polar surface area (TPSA) is 42.7 Å². The molecule has 0 amide bonds. The molecule has 104 valence electrons. The molecule has 1 aliphatic carbocycles. The van der Waals surface area contributed by atoms with Crippen LogP contribution in [0.4, 0.5) is 0 Å². The first-order valence-corrected chi connectivity index (χ1v) is 7.19. The Morgan fingerprint density at radius 3 is 2.24 bits per heavy atom. The van der Waals surface area contributed by atoms with E-state index in [9.17, 15) is 0 Å². The number of aromatic nitrogens is 3. The molecule has 1 aromatic heterocycles. The first-order chi connectivity index (χ1) is 10.4. The fourth-order valence-corrected chi connectivity index (χ4v) is 3.05. The van der Waals surface area contributed by atoms with Crippen molar-refractivity contribution in [2.45, 2.75) is 12.6 Å². The third-order valence-electron chi connectivity index (χ3n) is 4.00. The van der Waals surface area contributed by atoms with Crippen LogP contribution in [-0.4, -0.2) is 21.5 Å². The number of benzene rings is 2. The molecule has 0 saturated carbocycles. The fourth-order valence-electron chi connectivity index (χ4n) is 3.05. The van der Waals surface area contributed by atoms with E-state index in [0.717, 1.165) is 13.1 Å². The van der Waals surface area contributed by atoms with Crippen LogP contribution in [0, 0.1) is 0 Å². The summed E-state index contributed by atoms with van der Waals surface area (Å²) in [5.41, 5.74) is 5.40. The van der Waals surface area contributed by atoms with Gasteiger partial charge in [-0.15, -0.1) is 5.10 Å². The van der Waals surface area contributed by atoms with E-state index < -0.39 is 0 Å². The summed E-state index contributed by atoms with van der Waals surface area (Å²) in [6.45, 7) is 1.68. The summed E-state index contributed by atoms with van der Waals surface area (Å²) in [5, 5.41) is 11.5. The Morgan fingerprint density at radius 1 is 0.952 bits per heavy atom. The lowest BCUT2D eigenvalue weighted by Crippen LogP contribution is -2.25. The molecule has 0 aliphatic heterocycles. The summed E-state index contributed by atoms with van der Waals surface area (Å²) in [4.78, 5) is 0. The molecule has 21 heavy (non-hydrogen) atoms. The number of hydrogen-bond acceptors (Lipinski definition) is 3. The molecule has 0 atom stereocenters. The van der Waals surface area contributed by atoms with Crippen molar-refractivity contribution >= 4 is 0 Å². The van der Waals surface area contributed by atoms with E-state index in [1.165, 1.54) is 22.3 Å². The summed E-state index contributed by atoms with van der Waals surface area (Å²) < 4.78 is 1.85. The number of nitrogens with zero attached hydrogens (tertiary/aromatic N) is 3. The van der Waals surface area contributed by atoms with Gasteiger partial charge in [0.15, 0.2) is 0 Å². The van der Waals surface area contributed by atoms with Crippen LogP contribution in [0.1, 0.15) is 17.2 Å². The smallest absolute Gasteiger partial charge is 0.0692 e. The van der Waals surface area contributed by atoms with Gasteiger partial charge in [-0.1, -0.05) is 53.7 Å². The first-order valence-electron chi connectivity index (χ1n) is 7.19. The lowest BCUT2D eigenvalue weighted by molar-refractivity contribution is 0.516. The van der Waals surface area contributed by atoms with E-state index in [1.807, 2.05) is 10.9 Å². The molecule has 1 aliphatic rings. The monoisotopic (exact) mass is 276 g/mol. The Labute approximate surface area is 123 Å². The van der Waals surface area contributed by atoms with Gasteiger partial charge in [-0.2, -0.15) is 0 Å². The Bertz CT molecular complexity index is 703. The van der Waals surface area contributed by atoms with Crippen molar-refractivity contribution in [1.82, 2.24) is 20.3 Å². The summed E-state index contributed by atoms with van der Waals surface area (Å²) in [7, 11) is 0. The van der Waals surface area contributed by atoms with Crippen molar-refractivity contribution in [2.75, 3.05) is 6.54 Å². The molecule has 0 saturated heterocycles. The largest absolute Gasteiger partial charge is 0.304 e. The van der Waals surface area contributed by atoms with Gasteiger partial charge in [-0.05, 0) is 22.3 Å². The zero-order valence-electron chi connectivity index (χ0n) is 11.6. The van der Waals surface area contributed by atoms with Crippen LogP contribution in [0.3, 0.4) is 0 Å². The maximum atomic E-state index is 4.00. The molecule has 1 N–H and O–H groups in total. The van der Waals surface area contributed by atoms with Crippen LogP contribution in [0.2, 0.25) is 0 Å². The lowest BCUT2D eigenvalue weighted by atomic mass is 10.1. The Morgan fingerprint density at radius 2 is 1.62 bits per heavy atom. The van der Waals surface area contributed by atoms with Gasteiger partial charge in [-0.25, -0.2) is 0 Å². The predicted molar refractivity (Wildman–Crippen MR) is 81.7 cm³/mol. The summed E-state index contributed by atoms with van der Waals surface area (Å²) in [6.07, 6.45) is 3.60. The minimum atomic E-state index is 0.265. The maximum Gasteiger partial charge on any atom is 0.0692 e. The number of hydrogen-bond donors (Lipinski definition) is 1. The van der Waals surface area contributed by atoms with Crippen molar-refractivity contribution in [3.05, 3.63) is 72.1 Å².